The number of piperidine rings is 1. The molecule has 114 valence electrons. The molecule has 0 saturated carbocycles. The Hall–Kier alpha value is -1.88. The molecule has 0 bridgehead atoms. The zero-order valence-electron chi connectivity index (χ0n) is 12.4. The Morgan fingerprint density at radius 2 is 2.19 bits per heavy atom. The third-order valence-electron chi connectivity index (χ3n) is 3.66. The summed E-state index contributed by atoms with van der Waals surface area (Å²) >= 11 is 0. The molecule has 1 aromatic carbocycles. The van der Waals surface area contributed by atoms with Crippen molar-refractivity contribution in [1.82, 2.24) is 16.0 Å². The molecule has 1 unspecified atom stereocenters. The van der Waals surface area contributed by atoms with Gasteiger partial charge in [-0.25, -0.2) is 0 Å². The number of rotatable bonds is 5. The highest BCUT2D eigenvalue weighted by molar-refractivity contribution is 5.94. The molecule has 21 heavy (non-hydrogen) atoms. The molecule has 5 nitrogen and oxygen atoms in total. The van der Waals surface area contributed by atoms with Crippen LogP contribution in [0, 0.1) is 5.92 Å². The van der Waals surface area contributed by atoms with Crippen molar-refractivity contribution >= 4 is 11.8 Å². The Labute approximate surface area is 125 Å². The van der Waals surface area contributed by atoms with Crippen LogP contribution < -0.4 is 16.0 Å². The molecular weight excluding hydrogens is 266 g/mol. The molecule has 0 aromatic heterocycles. The molecule has 2 rings (SSSR count). The molecule has 1 fully saturated rings. The highest BCUT2D eigenvalue weighted by atomic mass is 16.2. The van der Waals surface area contributed by atoms with Crippen LogP contribution >= 0.6 is 0 Å². The van der Waals surface area contributed by atoms with Crippen LogP contribution in [-0.2, 0) is 11.3 Å². The smallest absolute Gasteiger partial charge is 0.251 e. The van der Waals surface area contributed by atoms with E-state index >= 15 is 0 Å². The number of amides is 2. The molecule has 1 heterocycles. The zero-order valence-corrected chi connectivity index (χ0v) is 12.4. The highest BCUT2D eigenvalue weighted by Gasteiger charge is 2.20. The fourth-order valence-corrected chi connectivity index (χ4v) is 2.49. The maximum atomic E-state index is 12.1. The van der Waals surface area contributed by atoms with Gasteiger partial charge < -0.3 is 16.0 Å². The zero-order chi connectivity index (χ0) is 15.1. The van der Waals surface area contributed by atoms with E-state index in [1.165, 1.54) is 0 Å². The minimum Gasteiger partial charge on any atom is -0.352 e. The van der Waals surface area contributed by atoms with Crippen LogP contribution in [-0.4, -0.2) is 31.4 Å². The van der Waals surface area contributed by atoms with E-state index in [9.17, 15) is 9.59 Å². The van der Waals surface area contributed by atoms with Crippen LogP contribution in [0.15, 0.2) is 24.3 Å². The summed E-state index contributed by atoms with van der Waals surface area (Å²) in [5.74, 6) is 0.0677. The van der Waals surface area contributed by atoms with Crippen molar-refractivity contribution in [2.45, 2.75) is 26.3 Å². The van der Waals surface area contributed by atoms with Gasteiger partial charge in [0.15, 0.2) is 0 Å². The number of hydrogen-bond acceptors (Lipinski definition) is 3. The van der Waals surface area contributed by atoms with E-state index in [-0.39, 0.29) is 17.7 Å². The second-order valence-electron chi connectivity index (χ2n) is 5.32. The number of carbonyl (C=O) groups excluding carboxylic acids is 2. The van der Waals surface area contributed by atoms with E-state index in [4.69, 9.17) is 0 Å². The van der Waals surface area contributed by atoms with Gasteiger partial charge >= 0.3 is 0 Å². The molecule has 1 atom stereocenters. The lowest BCUT2D eigenvalue weighted by atomic mass is 9.99. The predicted octanol–water partition coefficient (Wildman–Crippen LogP) is 1.05. The van der Waals surface area contributed by atoms with Crippen LogP contribution in [0.5, 0.6) is 0 Å². The third kappa shape index (κ3) is 4.56. The predicted molar refractivity (Wildman–Crippen MR) is 81.9 cm³/mol. The monoisotopic (exact) mass is 289 g/mol. The van der Waals surface area contributed by atoms with Gasteiger partial charge in [-0.1, -0.05) is 12.1 Å². The molecule has 1 aliphatic rings. The van der Waals surface area contributed by atoms with Crippen LogP contribution in [0.3, 0.4) is 0 Å². The Kier molecular flexibility index (Phi) is 5.75. The Balaban J connectivity index is 1.89. The molecule has 0 aliphatic carbocycles. The van der Waals surface area contributed by atoms with Crippen molar-refractivity contribution in [2.75, 3.05) is 19.6 Å². The van der Waals surface area contributed by atoms with Gasteiger partial charge in [-0.05, 0) is 44.0 Å². The fourth-order valence-electron chi connectivity index (χ4n) is 2.49. The average molecular weight is 289 g/mol. The van der Waals surface area contributed by atoms with Gasteiger partial charge in [-0.3, -0.25) is 9.59 Å². The maximum Gasteiger partial charge on any atom is 0.251 e. The van der Waals surface area contributed by atoms with Gasteiger partial charge in [-0.2, -0.15) is 0 Å². The van der Waals surface area contributed by atoms with Gasteiger partial charge in [0.05, 0.1) is 5.92 Å². The lowest BCUT2D eigenvalue weighted by Crippen LogP contribution is -2.40. The van der Waals surface area contributed by atoms with E-state index in [2.05, 4.69) is 16.0 Å². The number of carbonyl (C=O) groups is 2. The van der Waals surface area contributed by atoms with E-state index in [1.807, 2.05) is 25.1 Å². The first-order valence-corrected chi connectivity index (χ1v) is 7.56. The molecule has 0 radical (unpaired) electrons. The van der Waals surface area contributed by atoms with E-state index in [0.29, 0.717) is 18.7 Å². The minimum atomic E-state index is -0.0813. The number of benzene rings is 1. The van der Waals surface area contributed by atoms with Crippen molar-refractivity contribution in [3.8, 4) is 0 Å². The quantitative estimate of drug-likeness (QED) is 0.759. The van der Waals surface area contributed by atoms with Gasteiger partial charge in [0.1, 0.15) is 0 Å². The maximum absolute atomic E-state index is 12.1. The molecule has 2 amide bonds. The number of nitrogens with one attached hydrogen (secondary N) is 3. The van der Waals surface area contributed by atoms with Crippen molar-refractivity contribution in [3.05, 3.63) is 35.4 Å². The van der Waals surface area contributed by atoms with E-state index < -0.39 is 0 Å². The standard InChI is InChI=1S/C16H23N3O2/c1-2-18-15(20)13-6-3-5-12(9-13)10-19-16(21)14-7-4-8-17-11-14/h3,5-6,9,14,17H,2,4,7-8,10-11H2,1H3,(H,18,20)(H,19,21). The summed E-state index contributed by atoms with van der Waals surface area (Å²) in [6, 6.07) is 7.36. The summed E-state index contributed by atoms with van der Waals surface area (Å²) in [6.07, 6.45) is 1.99. The van der Waals surface area contributed by atoms with Gasteiger partial charge in [0, 0.05) is 25.2 Å². The summed E-state index contributed by atoms with van der Waals surface area (Å²) in [7, 11) is 0. The van der Waals surface area contributed by atoms with Crippen LogP contribution in [0.1, 0.15) is 35.7 Å². The summed E-state index contributed by atoms with van der Waals surface area (Å²) in [6.45, 7) is 4.71. The highest BCUT2D eigenvalue weighted by Crippen LogP contribution is 2.11. The fraction of sp³-hybridized carbons (Fsp3) is 0.500. The van der Waals surface area contributed by atoms with Crippen molar-refractivity contribution in [2.24, 2.45) is 5.92 Å². The van der Waals surface area contributed by atoms with Crippen LogP contribution in [0.4, 0.5) is 0 Å². The average Bonchev–Trinajstić information content (AvgIpc) is 2.54. The normalized spacial score (nSPS) is 18.0. The van der Waals surface area contributed by atoms with Crippen LogP contribution in [0.25, 0.3) is 0 Å². The van der Waals surface area contributed by atoms with Crippen molar-refractivity contribution in [1.29, 1.82) is 0 Å². The summed E-state index contributed by atoms with van der Waals surface area (Å²) in [4.78, 5) is 23.8. The lowest BCUT2D eigenvalue weighted by molar-refractivity contribution is -0.125. The molecule has 1 saturated heterocycles. The molecule has 5 heteroatoms. The van der Waals surface area contributed by atoms with E-state index in [1.54, 1.807) is 6.07 Å². The lowest BCUT2D eigenvalue weighted by Gasteiger charge is -2.21. The first-order valence-electron chi connectivity index (χ1n) is 7.56. The van der Waals surface area contributed by atoms with E-state index in [0.717, 1.165) is 31.5 Å². The van der Waals surface area contributed by atoms with Crippen LogP contribution in [0.2, 0.25) is 0 Å². The second kappa shape index (κ2) is 7.78. The third-order valence-corrected chi connectivity index (χ3v) is 3.66. The summed E-state index contributed by atoms with van der Waals surface area (Å²) in [5, 5.41) is 8.97. The van der Waals surface area contributed by atoms with Crippen molar-refractivity contribution in [3.63, 3.8) is 0 Å². The first kappa shape index (κ1) is 15.5. The molecule has 1 aromatic rings. The first-order chi connectivity index (χ1) is 10.2. The summed E-state index contributed by atoms with van der Waals surface area (Å²) < 4.78 is 0. The molecular formula is C16H23N3O2. The number of hydrogen-bond donors (Lipinski definition) is 3. The molecule has 0 spiro atoms. The molecule has 1 aliphatic heterocycles. The Morgan fingerprint density at radius 1 is 1.33 bits per heavy atom. The SMILES string of the molecule is CCNC(=O)c1cccc(CNC(=O)C2CCCNC2)c1. The Bertz CT molecular complexity index is 496. The summed E-state index contributed by atoms with van der Waals surface area (Å²) in [5.41, 5.74) is 1.57. The second-order valence-corrected chi connectivity index (χ2v) is 5.32. The van der Waals surface area contributed by atoms with Gasteiger partial charge in [0.25, 0.3) is 5.91 Å². The minimum absolute atomic E-state index is 0.0605. The largest absolute Gasteiger partial charge is 0.352 e. The van der Waals surface area contributed by atoms with Gasteiger partial charge in [0.2, 0.25) is 5.91 Å². The topological polar surface area (TPSA) is 70.2 Å². The van der Waals surface area contributed by atoms with Gasteiger partial charge in [-0.15, -0.1) is 0 Å². The van der Waals surface area contributed by atoms with Crippen molar-refractivity contribution < 1.29 is 9.59 Å². The Morgan fingerprint density at radius 3 is 2.90 bits per heavy atom. The molecule has 3 N–H and O–H groups in total.